The fourth-order valence-electron chi connectivity index (χ4n) is 7.10. The van der Waals surface area contributed by atoms with Gasteiger partial charge in [-0.2, -0.15) is 0 Å². The first-order chi connectivity index (χ1) is 24.8. The topological polar surface area (TPSA) is 43.6 Å². The fraction of sp³-hybridized carbons (Fsp3) is 0. The van der Waals surface area contributed by atoms with Crippen molar-refractivity contribution in [2.45, 2.75) is 0 Å². The number of aromatic nitrogens is 4. The minimum atomic E-state index is 0.624. The van der Waals surface area contributed by atoms with E-state index in [0.29, 0.717) is 17.5 Å². The predicted molar refractivity (Wildman–Crippen MR) is 209 cm³/mol. The van der Waals surface area contributed by atoms with E-state index in [-0.39, 0.29) is 0 Å². The summed E-state index contributed by atoms with van der Waals surface area (Å²) in [6.07, 6.45) is 0. The Morgan fingerprint density at radius 2 is 0.940 bits per heavy atom. The van der Waals surface area contributed by atoms with Crippen molar-refractivity contribution in [3.63, 3.8) is 0 Å². The molecule has 0 aliphatic heterocycles. The molecule has 0 aliphatic rings. The molecule has 4 nitrogen and oxygen atoms in total. The van der Waals surface area contributed by atoms with Gasteiger partial charge < -0.3 is 4.57 Å². The Morgan fingerprint density at radius 1 is 0.360 bits per heavy atom. The van der Waals surface area contributed by atoms with Crippen LogP contribution in [0.25, 0.3) is 93.0 Å². The summed E-state index contributed by atoms with van der Waals surface area (Å²) in [7, 11) is 0. The lowest BCUT2D eigenvalue weighted by Gasteiger charge is -2.16. The average molecular weight is 657 g/mol. The van der Waals surface area contributed by atoms with Gasteiger partial charge in [0.25, 0.3) is 0 Å². The SMILES string of the molecule is c1ccc(-c2ccc(-n3c4ccccc4c4cc5sc6ccccc6c5cc43)c(-c3nc(-c4ccccc4)nc(-c4ccccc4)n3)c2)cc1. The molecular weight excluding hydrogens is 629 g/mol. The molecule has 3 heterocycles. The Hall–Kier alpha value is -6.43. The molecule has 0 unspecified atom stereocenters. The maximum atomic E-state index is 5.21. The van der Waals surface area contributed by atoms with Gasteiger partial charge in [-0.25, -0.2) is 15.0 Å². The summed E-state index contributed by atoms with van der Waals surface area (Å²) in [6.45, 7) is 0. The zero-order chi connectivity index (χ0) is 33.0. The van der Waals surface area contributed by atoms with Crippen molar-refractivity contribution in [2.75, 3.05) is 0 Å². The lowest BCUT2D eigenvalue weighted by atomic mass is 10.0. The minimum Gasteiger partial charge on any atom is -0.308 e. The Balaban J connectivity index is 1.31. The molecule has 50 heavy (non-hydrogen) atoms. The van der Waals surface area contributed by atoms with Gasteiger partial charge in [-0.05, 0) is 47.5 Å². The van der Waals surface area contributed by atoms with Gasteiger partial charge in [0, 0.05) is 47.6 Å². The number of hydrogen-bond acceptors (Lipinski definition) is 4. The minimum absolute atomic E-state index is 0.624. The summed E-state index contributed by atoms with van der Waals surface area (Å²) in [5.41, 5.74) is 8.35. The van der Waals surface area contributed by atoms with Crippen LogP contribution in [0.5, 0.6) is 0 Å². The normalized spacial score (nSPS) is 11.6. The Labute approximate surface area is 292 Å². The zero-order valence-corrected chi connectivity index (χ0v) is 27.7. The van der Waals surface area contributed by atoms with E-state index >= 15 is 0 Å². The fourth-order valence-corrected chi connectivity index (χ4v) is 8.22. The van der Waals surface area contributed by atoms with Crippen LogP contribution in [0.15, 0.2) is 170 Å². The molecule has 0 atom stereocenters. The highest BCUT2D eigenvalue weighted by molar-refractivity contribution is 7.25. The van der Waals surface area contributed by atoms with Gasteiger partial charge in [0.05, 0.1) is 16.7 Å². The molecule has 0 fully saturated rings. The zero-order valence-electron chi connectivity index (χ0n) is 26.9. The summed E-state index contributed by atoms with van der Waals surface area (Å²) in [5, 5.41) is 4.99. The summed E-state index contributed by atoms with van der Waals surface area (Å²) in [5.74, 6) is 1.90. The Kier molecular flexibility index (Phi) is 6.64. The van der Waals surface area contributed by atoms with Crippen LogP contribution in [-0.4, -0.2) is 19.5 Å². The molecule has 0 spiro atoms. The highest BCUT2D eigenvalue weighted by Crippen LogP contribution is 2.42. The lowest BCUT2D eigenvalue weighted by molar-refractivity contribution is 1.06. The number of nitrogens with zero attached hydrogens (tertiary/aromatic N) is 4. The number of hydrogen-bond donors (Lipinski definition) is 0. The first-order valence-corrected chi connectivity index (χ1v) is 17.5. The van der Waals surface area contributed by atoms with E-state index < -0.39 is 0 Å². The highest BCUT2D eigenvalue weighted by Gasteiger charge is 2.21. The summed E-state index contributed by atoms with van der Waals surface area (Å²) < 4.78 is 4.99. The Bertz CT molecular complexity index is 2800. The van der Waals surface area contributed by atoms with Gasteiger partial charge in [-0.3, -0.25) is 0 Å². The molecule has 10 rings (SSSR count). The molecule has 0 saturated carbocycles. The lowest BCUT2D eigenvalue weighted by Crippen LogP contribution is -2.04. The molecule has 0 bridgehead atoms. The third-order valence-electron chi connectivity index (χ3n) is 9.46. The molecule has 7 aromatic carbocycles. The average Bonchev–Trinajstić information content (AvgIpc) is 3.72. The van der Waals surface area contributed by atoms with E-state index in [1.54, 1.807) is 0 Å². The van der Waals surface area contributed by atoms with Crippen molar-refractivity contribution in [2.24, 2.45) is 0 Å². The molecule has 0 aliphatic carbocycles. The first kappa shape index (κ1) is 28.6. The summed E-state index contributed by atoms with van der Waals surface area (Å²) in [6, 6.07) is 59.7. The van der Waals surface area contributed by atoms with Crippen LogP contribution in [0.4, 0.5) is 0 Å². The van der Waals surface area contributed by atoms with Gasteiger partial charge in [0.1, 0.15) is 0 Å². The number of para-hydroxylation sites is 1. The molecule has 234 valence electrons. The van der Waals surface area contributed by atoms with Crippen molar-refractivity contribution >= 4 is 53.3 Å². The quantitative estimate of drug-likeness (QED) is 0.185. The van der Waals surface area contributed by atoms with Gasteiger partial charge in [-0.15, -0.1) is 11.3 Å². The maximum Gasteiger partial charge on any atom is 0.166 e. The monoisotopic (exact) mass is 656 g/mol. The third kappa shape index (κ3) is 4.71. The predicted octanol–water partition coefficient (Wildman–Crippen LogP) is 12.0. The molecule has 10 aromatic rings. The van der Waals surface area contributed by atoms with E-state index in [9.17, 15) is 0 Å². The van der Waals surface area contributed by atoms with E-state index in [0.717, 1.165) is 44.5 Å². The van der Waals surface area contributed by atoms with Gasteiger partial charge in [0.2, 0.25) is 0 Å². The summed E-state index contributed by atoms with van der Waals surface area (Å²) in [4.78, 5) is 15.4. The molecule has 0 saturated heterocycles. The van der Waals surface area contributed by atoms with Gasteiger partial charge >= 0.3 is 0 Å². The number of benzene rings is 7. The highest BCUT2D eigenvalue weighted by atomic mass is 32.1. The molecule has 3 aromatic heterocycles. The van der Waals surface area contributed by atoms with E-state index in [1.807, 2.05) is 47.7 Å². The van der Waals surface area contributed by atoms with Crippen LogP contribution in [0.3, 0.4) is 0 Å². The largest absolute Gasteiger partial charge is 0.308 e. The number of fused-ring (bicyclic) bond motifs is 6. The van der Waals surface area contributed by atoms with Crippen LogP contribution in [0.2, 0.25) is 0 Å². The van der Waals surface area contributed by atoms with Crippen molar-refractivity contribution in [1.29, 1.82) is 0 Å². The molecule has 0 radical (unpaired) electrons. The van der Waals surface area contributed by atoms with Crippen molar-refractivity contribution in [3.8, 4) is 51.0 Å². The molecule has 0 amide bonds. The first-order valence-electron chi connectivity index (χ1n) is 16.7. The van der Waals surface area contributed by atoms with Gasteiger partial charge in [0.15, 0.2) is 17.5 Å². The van der Waals surface area contributed by atoms with Gasteiger partial charge in [-0.1, -0.05) is 133 Å². The maximum absolute atomic E-state index is 5.21. The van der Waals surface area contributed by atoms with Crippen molar-refractivity contribution < 1.29 is 0 Å². The van der Waals surface area contributed by atoms with Crippen LogP contribution in [0, 0.1) is 0 Å². The standard InChI is InChI=1S/C45H28N4S/c1-4-14-29(15-5-1)32-24-25-39(37(26-32)45-47-43(30-16-6-2-7-17-30)46-44(48-45)31-18-8-3-9-19-31)49-38-22-12-10-20-33(38)35-28-42-36(27-40(35)49)34-21-11-13-23-41(34)50-42/h1-28H. The van der Waals surface area contributed by atoms with Crippen molar-refractivity contribution in [3.05, 3.63) is 170 Å². The van der Waals surface area contributed by atoms with Crippen LogP contribution in [0.1, 0.15) is 0 Å². The van der Waals surface area contributed by atoms with Crippen LogP contribution in [-0.2, 0) is 0 Å². The van der Waals surface area contributed by atoms with E-state index in [2.05, 4.69) is 138 Å². The second-order valence-corrected chi connectivity index (χ2v) is 13.5. The smallest absolute Gasteiger partial charge is 0.166 e. The second-order valence-electron chi connectivity index (χ2n) is 12.5. The van der Waals surface area contributed by atoms with Crippen molar-refractivity contribution in [1.82, 2.24) is 19.5 Å². The van der Waals surface area contributed by atoms with Crippen LogP contribution >= 0.6 is 11.3 Å². The molecule has 0 N–H and O–H groups in total. The molecular formula is C45H28N4S. The Morgan fingerprint density at radius 3 is 1.64 bits per heavy atom. The van der Waals surface area contributed by atoms with E-state index in [4.69, 9.17) is 15.0 Å². The third-order valence-corrected chi connectivity index (χ3v) is 10.6. The van der Waals surface area contributed by atoms with Crippen LogP contribution < -0.4 is 0 Å². The molecule has 5 heteroatoms. The second kappa shape index (κ2) is 11.6. The number of thiophene rings is 1. The van der Waals surface area contributed by atoms with E-state index in [1.165, 1.54) is 30.9 Å². The number of rotatable bonds is 5. The summed E-state index contributed by atoms with van der Waals surface area (Å²) >= 11 is 1.85.